The van der Waals surface area contributed by atoms with Gasteiger partial charge in [-0.2, -0.15) is 0 Å². The fourth-order valence-electron chi connectivity index (χ4n) is 3.59. The lowest BCUT2D eigenvalue weighted by Gasteiger charge is -2.35. The predicted molar refractivity (Wildman–Crippen MR) is 128 cm³/mol. The van der Waals surface area contributed by atoms with Crippen LogP contribution in [0.15, 0.2) is 60.7 Å². The van der Waals surface area contributed by atoms with Crippen LogP contribution in [0.3, 0.4) is 0 Å². The zero-order valence-electron chi connectivity index (χ0n) is 18.2. The SMILES string of the molecule is CC(=O)Nc1cccc(OCC(=O)N2CCN(c3ccc(-c4ccccc4Cl)nn3)CC2)c1. The van der Waals surface area contributed by atoms with E-state index in [0.717, 1.165) is 17.1 Å². The molecule has 9 heteroatoms. The first-order valence-corrected chi connectivity index (χ1v) is 11.0. The Morgan fingerprint density at radius 3 is 2.48 bits per heavy atom. The topological polar surface area (TPSA) is 87.7 Å². The first-order valence-electron chi connectivity index (χ1n) is 10.6. The maximum Gasteiger partial charge on any atom is 0.260 e. The van der Waals surface area contributed by atoms with E-state index in [1.165, 1.54) is 6.92 Å². The standard InChI is InChI=1S/C24H24ClN5O3/c1-17(31)26-18-5-4-6-19(15-18)33-16-24(32)30-13-11-29(12-14-30)23-10-9-22(27-28-23)20-7-2-3-8-21(20)25/h2-10,15H,11-14,16H2,1H3,(H,26,31). The van der Waals surface area contributed by atoms with E-state index in [9.17, 15) is 9.59 Å². The van der Waals surface area contributed by atoms with E-state index in [2.05, 4.69) is 20.4 Å². The van der Waals surface area contributed by atoms with Crippen LogP contribution >= 0.6 is 11.6 Å². The second-order valence-electron chi connectivity index (χ2n) is 7.62. The monoisotopic (exact) mass is 465 g/mol. The summed E-state index contributed by atoms with van der Waals surface area (Å²) < 4.78 is 5.63. The Balaban J connectivity index is 1.28. The number of nitrogens with zero attached hydrogens (tertiary/aromatic N) is 4. The first kappa shape index (κ1) is 22.5. The van der Waals surface area contributed by atoms with Crippen LogP contribution in [0.1, 0.15) is 6.92 Å². The summed E-state index contributed by atoms with van der Waals surface area (Å²) in [5.41, 5.74) is 2.19. The van der Waals surface area contributed by atoms with Crippen LogP contribution in [0.5, 0.6) is 5.75 Å². The van der Waals surface area contributed by atoms with Crippen molar-refractivity contribution in [3.63, 3.8) is 0 Å². The molecule has 0 bridgehead atoms. The highest BCUT2D eigenvalue weighted by Gasteiger charge is 2.22. The summed E-state index contributed by atoms with van der Waals surface area (Å²) in [5, 5.41) is 12.0. The summed E-state index contributed by atoms with van der Waals surface area (Å²) in [6.07, 6.45) is 0. The largest absolute Gasteiger partial charge is 0.484 e. The van der Waals surface area contributed by atoms with Gasteiger partial charge in [-0.25, -0.2) is 0 Å². The molecule has 1 aromatic heterocycles. The number of nitrogens with one attached hydrogen (secondary N) is 1. The molecule has 0 saturated carbocycles. The highest BCUT2D eigenvalue weighted by molar-refractivity contribution is 6.33. The van der Waals surface area contributed by atoms with Crippen LogP contribution < -0.4 is 15.0 Å². The molecule has 2 aromatic carbocycles. The van der Waals surface area contributed by atoms with E-state index in [1.807, 2.05) is 36.4 Å². The van der Waals surface area contributed by atoms with Gasteiger partial charge in [0.05, 0.1) is 10.7 Å². The normalized spacial score (nSPS) is 13.5. The van der Waals surface area contributed by atoms with Crippen LogP contribution in [0.4, 0.5) is 11.5 Å². The van der Waals surface area contributed by atoms with Gasteiger partial charge in [0.2, 0.25) is 5.91 Å². The number of amides is 2. The number of ether oxygens (including phenoxy) is 1. The Kier molecular flexibility index (Phi) is 7.04. The second-order valence-corrected chi connectivity index (χ2v) is 8.03. The fraction of sp³-hybridized carbons (Fsp3) is 0.250. The maximum absolute atomic E-state index is 12.6. The van der Waals surface area contributed by atoms with Gasteiger partial charge in [0.25, 0.3) is 5.91 Å². The van der Waals surface area contributed by atoms with E-state index in [1.54, 1.807) is 29.2 Å². The quantitative estimate of drug-likeness (QED) is 0.599. The Morgan fingerprint density at radius 2 is 1.79 bits per heavy atom. The van der Waals surface area contributed by atoms with E-state index in [4.69, 9.17) is 16.3 Å². The van der Waals surface area contributed by atoms with Crippen molar-refractivity contribution < 1.29 is 14.3 Å². The summed E-state index contributed by atoms with van der Waals surface area (Å²) >= 11 is 6.24. The van der Waals surface area contributed by atoms with E-state index < -0.39 is 0 Å². The molecule has 1 fully saturated rings. The predicted octanol–water partition coefficient (Wildman–Crippen LogP) is 3.48. The molecule has 0 aliphatic carbocycles. The van der Waals surface area contributed by atoms with Crippen molar-refractivity contribution in [2.75, 3.05) is 43.0 Å². The molecule has 170 valence electrons. The number of carbonyl (C=O) groups is 2. The molecule has 8 nitrogen and oxygen atoms in total. The minimum Gasteiger partial charge on any atom is -0.484 e. The van der Waals surface area contributed by atoms with Crippen LogP contribution in [-0.4, -0.2) is 59.7 Å². The zero-order chi connectivity index (χ0) is 23.2. The number of halogens is 1. The lowest BCUT2D eigenvalue weighted by molar-refractivity contribution is -0.133. The second kappa shape index (κ2) is 10.3. The van der Waals surface area contributed by atoms with Crippen molar-refractivity contribution in [2.24, 2.45) is 0 Å². The van der Waals surface area contributed by atoms with Gasteiger partial charge in [-0.1, -0.05) is 35.9 Å². The molecular formula is C24H24ClN5O3. The third-order valence-corrected chi connectivity index (χ3v) is 5.60. The summed E-state index contributed by atoms with van der Waals surface area (Å²) in [6.45, 7) is 3.84. The van der Waals surface area contributed by atoms with Gasteiger partial charge >= 0.3 is 0 Å². The van der Waals surface area contributed by atoms with E-state index >= 15 is 0 Å². The van der Waals surface area contributed by atoms with Crippen molar-refractivity contribution in [1.82, 2.24) is 15.1 Å². The molecule has 0 spiro atoms. The van der Waals surface area contributed by atoms with E-state index in [0.29, 0.717) is 42.6 Å². The molecular weight excluding hydrogens is 442 g/mol. The van der Waals surface area contributed by atoms with Crippen LogP contribution in [-0.2, 0) is 9.59 Å². The third kappa shape index (κ3) is 5.78. The number of anilines is 2. The van der Waals surface area contributed by atoms with Gasteiger partial charge in [0.15, 0.2) is 12.4 Å². The summed E-state index contributed by atoms with van der Waals surface area (Å²) in [5.74, 6) is 1.05. The number of benzene rings is 2. The molecule has 0 unspecified atom stereocenters. The van der Waals surface area contributed by atoms with Crippen molar-refractivity contribution in [1.29, 1.82) is 0 Å². The van der Waals surface area contributed by atoms with Crippen LogP contribution in [0.2, 0.25) is 5.02 Å². The fourth-order valence-corrected chi connectivity index (χ4v) is 3.83. The zero-order valence-corrected chi connectivity index (χ0v) is 19.0. The molecule has 3 aromatic rings. The number of piperazine rings is 1. The van der Waals surface area contributed by atoms with Gasteiger partial charge < -0.3 is 19.9 Å². The Labute approximate surface area is 197 Å². The molecule has 1 aliphatic rings. The molecule has 0 radical (unpaired) electrons. The summed E-state index contributed by atoms with van der Waals surface area (Å²) in [4.78, 5) is 27.7. The van der Waals surface area contributed by atoms with Crippen molar-refractivity contribution in [3.05, 3.63) is 65.7 Å². The summed E-state index contributed by atoms with van der Waals surface area (Å²) in [7, 11) is 0. The lowest BCUT2D eigenvalue weighted by atomic mass is 10.1. The molecule has 33 heavy (non-hydrogen) atoms. The highest BCUT2D eigenvalue weighted by atomic mass is 35.5. The number of rotatable bonds is 6. The van der Waals surface area contributed by atoms with Gasteiger partial charge in [-0.05, 0) is 30.3 Å². The molecule has 2 amide bonds. The van der Waals surface area contributed by atoms with Crippen molar-refractivity contribution in [3.8, 4) is 17.0 Å². The average molecular weight is 466 g/mol. The van der Waals surface area contributed by atoms with Crippen LogP contribution in [0.25, 0.3) is 11.3 Å². The summed E-state index contributed by atoms with van der Waals surface area (Å²) in [6, 6.07) is 18.3. The number of hydrogen-bond donors (Lipinski definition) is 1. The molecule has 0 atom stereocenters. The molecule has 1 saturated heterocycles. The molecule has 4 rings (SSSR count). The number of carbonyl (C=O) groups excluding carboxylic acids is 2. The molecule has 1 N–H and O–H groups in total. The lowest BCUT2D eigenvalue weighted by Crippen LogP contribution is -2.50. The molecule has 1 aliphatic heterocycles. The average Bonchev–Trinajstić information content (AvgIpc) is 2.83. The van der Waals surface area contributed by atoms with E-state index in [-0.39, 0.29) is 18.4 Å². The van der Waals surface area contributed by atoms with Gasteiger partial charge in [-0.3, -0.25) is 9.59 Å². The number of aromatic nitrogens is 2. The van der Waals surface area contributed by atoms with Gasteiger partial charge in [0.1, 0.15) is 5.75 Å². The third-order valence-electron chi connectivity index (χ3n) is 5.27. The van der Waals surface area contributed by atoms with Crippen LogP contribution in [0, 0.1) is 0 Å². The number of hydrogen-bond acceptors (Lipinski definition) is 6. The molecule has 2 heterocycles. The van der Waals surface area contributed by atoms with Crippen molar-refractivity contribution in [2.45, 2.75) is 6.92 Å². The highest BCUT2D eigenvalue weighted by Crippen LogP contribution is 2.26. The minimum atomic E-state index is -0.163. The Hall–Kier alpha value is -3.65. The minimum absolute atomic E-state index is 0.0597. The van der Waals surface area contributed by atoms with Crippen molar-refractivity contribution >= 4 is 34.9 Å². The van der Waals surface area contributed by atoms with Gasteiger partial charge in [0, 0.05) is 50.4 Å². The smallest absolute Gasteiger partial charge is 0.260 e. The van der Waals surface area contributed by atoms with Gasteiger partial charge in [-0.15, -0.1) is 10.2 Å². The Bertz CT molecular complexity index is 1130. The first-order chi connectivity index (χ1) is 16.0. The maximum atomic E-state index is 12.6. The Morgan fingerprint density at radius 1 is 1.00 bits per heavy atom.